The van der Waals surface area contributed by atoms with Gasteiger partial charge < -0.3 is 23.5 Å². The summed E-state index contributed by atoms with van der Waals surface area (Å²) in [4.78, 5) is 16.3. The van der Waals surface area contributed by atoms with E-state index in [-0.39, 0.29) is 18.9 Å². The standard InChI is InChI=1S/C21H21ClN2O6/c1-26-16-10-13(11-17(27-2)20(16)28-3)4-9-19(25)29-12-18-23-21(24-30-18)14-5-7-15(22)8-6-14/h5-8,10-11H,4,9,12H2,1-3H3. The molecule has 0 saturated heterocycles. The van der Waals surface area contributed by atoms with Crippen LogP contribution in [-0.4, -0.2) is 37.4 Å². The van der Waals surface area contributed by atoms with Gasteiger partial charge in [-0.05, 0) is 48.4 Å². The maximum atomic E-state index is 12.1. The molecule has 0 atom stereocenters. The van der Waals surface area contributed by atoms with Crippen molar-refractivity contribution in [3.05, 3.63) is 52.9 Å². The van der Waals surface area contributed by atoms with Crippen molar-refractivity contribution in [2.75, 3.05) is 21.3 Å². The molecule has 30 heavy (non-hydrogen) atoms. The van der Waals surface area contributed by atoms with E-state index in [4.69, 9.17) is 35.1 Å². The van der Waals surface area contributed by atoms with Gasteiger partial charge in [-0.15, -0.1) is 0 Å². The summed E-state index contributed by atoms with van der Waals surface area (Å²) in [5.74, 6) is 1.77. The zero-order valence-electron chi connectivity index (χ0n) is 16.8. The van der Waals surface area contributed by atoms with Gasteiger partial charge in [0.25, 0.3) is 5.89 Å². The number of methoxy groups -OCH3 is 3. The molecule has 2 aromatic carbocycles. The summed E-state index contributed by atoms with van der Waals surface area (Å²) >= 11 is 5.87. The Morgan fingerprint density at radius 1 is 1.03 bits per heavy atom. The number of esters is 1. The fourth-order valence-electron chi connectivity index (χ4n) is 2.77. The highest BCUT2D eigenvalue weighted by atomic mass is 35.5. The van der Waals surface area contributed by atoms with Crippen molar-refractivity contribution in [2.45, 2.75) is 19.4 Å². The minimum absolute atomic E-state index is 0.103. The van der Waals surface area contributed by atoms with Crippen LogP contribution in [0, 0.1) is 0 Å². The van der Waals surface area contributed by atoms with Crippen LogP contribution >= 0.6 is 11.6 Å². The monoisotopic (exact) mass is 432 g/mol. The molecule has 158 valence electrons. The Morgan fingerprint density at radius 3 is 2.30 bits per heavy atom. The normalized spacial score (nSPS) is 10.5. The number of hydrogen-bond donors (Lipinski definition) is 0. The molecule has 3 rings (SSSR count). The molecule has 0 fully saturated rings. The summed E-state index contributed by atoms with van der Waals surface area (Å²) in [5, 5.41) is 4.50. The van der Waals surface area contributed by atoms with E-state index >= 15 is 0 Å². The predicted octanol–water partition coefficient (Wildman–Crippen LogP) is 4.09. The largest absolute Gasteiger partial charge is 0.493 e. The van der Waals surface area contributed by atoms with Crippen LogP contribution in [0.1, 0.15) is 17.9 Å². The van der Waals surface area contributed by atoms with E-state index in [1.54, 1.807) is 36.4 Å². The van der Waals surface area contributed by atoms with Gasteiger partial charge in [-0.1, -0.05) is 16.8 Å². The fraction of sp³-hybridized carbons (Fsp3) is 0.286. The van der Waals surface area contributed by atoms with E-state index in [1.807, 2.05) is 0 Å². The molecule has 0 aliphatic rings. The Bertz CT molecular complexity index is 978. The summed E-state index contributed by atoms with van der Waals surface area (Å²) in [7, 11) is 4.61. The average molecular weight is 433 g/mol. The fourth-order valence-corrected chi connectivity index (χ4v) is 2.90. The molecule has 9 heteroatoms. The molecule has 0 unspecified atom stereocenters. The minimum Gasteiger partial charge on any atom is -0.493 e. The lowest BCUT2D eigenvalue weighted by Gasteiger charge is -2.14. The average Bonchev–Trinajstić information content (AvgIpc) is 3.24. The number of rotatable bonds is 9. The number of carbonyl (C=O) groups excluding carboxylic acids is 1. The van der Waals surface area contributed by atoms with E-state index < -0.39 is 5.97 Å². The van der Waals surface area contributed by atoms with Gasteiger partial charge >= 0.3 is 5.97 Å². The molecule has 3 aromatic rings. The molecule has 0 aliphatic carbocycles. The van der Waals surface area contributed by atoms with Crippen molar-refractivity contribution in [1.82, 2.24) is 10.1 Å². The summed E-state index contributed by atoms with van der Waals surface area (Å²) in [6.07, 6.45) is 0.603. The van der Waals surface area contributed by atoms with Crippen molar-refractivity contribution in [3.63, 3.8) is 0 Å². The first kappa shape index (κ1) is 21.4. The number of hydrogen-bond acceptors (Lipinski definition) is 8. The Balaban J connectivity index is 1.55. The van der Waals surface area contributed by atoms with Crippen molar-refractivity contribution in [1.29, 1.82) is 0 Å². The molecular weight excluding hydrogens is 412 g/mol. The molecule has 0 aliphatic heterocycles. The molecule has 1 heterocycles. The van der Waals surface area contributed by atoms with Crippen molar-refractivity contribution < 1.29 is 28.3 Å². The molecule has 1 aromatic heterocycles. The number of aromatic nitrogens is 2. The van der Waals surface area contributed by atoms with Crippen molar-refractivity contribution in [2.24, 2.45) is 0 Å². The smallest absolute Gasteiger partial charge is 0.306 e. The highest BCUT2D eigenvalue weighted by Gasteiger charge is 2.15. The molecule has 8 nitrogen and oxygen atoms in total. The zero-order chi connectivity index (χ0) is 21.5. The number of halogens is 1. The summed E-state index contributed by atoms with van der Waals surface area (Å²) in [6, 6.07) is 10.6. The molecule has 0 radical (unpaired) electrons. The van der Waals surface area contributed by atoms with Crippen LogP contribution in [-0.2, 0) is 22.6 Å². The second-order valence-electron chi connectivity index (χ2n) is 6.21. The minimum atomic E-state index is -0.394. The first-order valence-corrected chi connectivity index (χ1v) is 9.45. The van der Waals surface area contributed by atoms with E-state index in [0.29, 0.717) is 34.5 Å². The predicted molar refractivity (Wildman–Crippen MR) is 109 cm³/mol. The molecule has 0 bridgehead atoms. The lowest BCUT2D eigenvalue weighted by Crippen LogP contribution is -2.06. The number of nitrogens with zero attached hydrogens (tertiary/aromatic N) is 2. The van der Waals surface area contributed by atoms with E-state index in [0.717, 1.165) is 11.1 Å². The maximum absolute atomic E-state index is 12.1. The van der Waals surface area contributed by atoms with Gasteiger partial charge in [-0.2, -0.15) is 4.98 Å². The molecule has 0 spiro atoms. The van der Waals surface area contributed by atoms with Crippen LogP contribution in [0.25, 0.3) is 11.4 Å². The second kappa shape index (κ2) is 9.98. The van der Waals surface area contributed by atoms with Crippen LogP contribution in [0.15, 0.2) is 40.9 Å². The first-order valence-electron chi connectivity index (χ1n) is 9.07. The number of carbonyl (C=O) groups is 1. The summed E-state index contributed by atoms with van der Waals surface area (Å²) in [6.45, 7) is -0.103. The van der Waals surface area contributed by atoms with E-state index in [2.05, 4.69) is 10.1 Å². The third-order valence-electron chi connectivity index (χ3n) is 4.27. The van der Waals surface area contributed by atoms with Crippen LogP contribution in [0.3, 0.4) is 0 Å². The maximum Gasteiger partial charge on any atom is 0.306 e. The molecule has 0 N–H and O–H groups in total. The van der Waals surface area contributed by atoms with Gasteiger partial charge in [0.05, 0.1) is 21.3 Å². The Kier molecular flexibility index (Phi) is 7.13. The summed E-state index contributed by atoms with van der Waals surface area (Å²) < 4.78 is 26.3. The quantitative estimate of drug-likeness (QED) is 0.467. The highest BCUT2D eigenvalue weighted by molar-refractivity contribution is 6.30. The lowest BCUT2D eigenvalue weighted by atomic mass is 10.1. The van der Waals surface area contributed by atoms with E-state index in [9.17, 15) is 4.79 Å². The topological polar surface area (TPSA) is 92.9 Å². The van der Waals surface area contributed by atoms with Gasteiger partial charge in [0.1, 0.15) is 0 Å². The highest BCUT2D eigenvalue weighted by Crippen LogP contribution is 2.38. The van der Waals surface area contributed by atoms with Crippen LogP contribution in [0.5, 0.6) is 17.2 Å². The lowest BCUT2D eigenvalue weighted by molar-refractivity contribution is -0.145. The van der Waals surface area contributed by atoms with Crippen LogP contribution in [0.4, 0.5) is 0 Å². The third-order valence-corrected chi connectivity index (χ3v) is 4.52. The summed E-state index contributed by atoms with van der Waals surface area (Å²) in [5.41, 5.74) is 1.60. The number of ether oxygens (including phenoxy) is 4. The third kappa shape index (κ3) is 5.21. The number of aryl methyl sites for hydroxylation is 1. The Labute approximate surface area is 178 Å². The van der Waals surface area contributed by atoms with Crippen molar-refractivity contribution >= 4 is 17.6 Å². The second-order valence-corrected chi connectivity index (χ2v) is 6.65. The Hall–Kier alpha value is -3.26. The van der Waals surface area contributed by atoms with E-state index in [1.165, 1.54) is 21.3 Å². The van der Waals surface area contributed by atoms with Crippen LogP contribution in [0.2, 0.25) is 5.02 Å². The number of benzene rings is 2. The zero-order valence-corrected chi connectivity index (χ0v) is 17.6. The SMILES string of the molecule is COc1cc(CCC(=O)OCc2nc(-c3ccc(Cl)cc3)no2)cc(OC)c1OC. The van der Waals surface area contributed by atoms with Gasteiger partial charge in [0.2, 0.25) is 11.6 Å². The molecular formula is C21H21ClN2O6. The first-order chi connectivity index (χ1) is 14.5. The molecule has 0 amide bonds. The van der Waals surface area contributed by atoms with Gasteiger partial charge in [0, 0.05) is 17.0 Å². The van der Waals surface area contributed by atoms with Gasteiger partial charge in [-0.25, -0.2) is 0 Å². The molecule has 0 saturated carbocycles. The Morgan fingerprint density at radius 2 is 1.70 bits per heavy atom. The van der Waals surface area contributed by atoms with Gasteiger partial charge in [0.15, 0.2) is 18.1 Å². The van der Waals surface area contributed by atoms with Crippen LogP contribution < -0.4 is 14.2 Å². The van der Waals surface area contributed by atoms with Gasteiger partial charge in [-0.3, -0.25) is 4.79 Å². The van der Waals surface area contributed by atoms with Crippen molar-refractivity contribution in [3.8, 4) is 28.6 Å².